The van der Waals surface area contributed by atoms with Crippen LogP contribution < -0.4 is 5.32 Å². The number of hydrogen-bond acceptors (Lipinski definition) is 1. The van der Waals surface area contributed by atoms with Crippen molar-refractivity contribution in [3.8, 4) is 0 Å². The zero-order valence-corrected chi connectivity index (χ0v) is 13.3. The fourth-order valence-corrected chi connectivity index (χ4v) is 1.77. The van der Waals surface area contributed by atoms with Crippen molar-refractivity contribution >= 4 is 70.2 Å². The predicted molar refractivity (Wildman–Crippen MR) is 82.1 cm³/mol. The molecule has 0 aliphatic rings. The van der Waals surface area contributed by atoms with Crippen LogP contribution in [0.2, 0.25) is 0 Å². The minimum Gasteiger partial charge on any atom is -0.323 e. The second-order valence-corrected chi connectivity index (χ2v) is 10.3. The van der Waals surface area contributed by atoms with Gasteiger partial charge in [0.25, 0.3) is 5.91 Å². The van der Waals surface area contributed by atoms with Gasteiger partial charge in [-0.15, -0.1) is 0 Å². The molecule has 2 rings (SSSR count). The van der Waals surface area contributed by atoms with Crippen molar-refractivity contribution in [1.82, 2.24) is 0 Å². The van der Waals surface area contributed by atoms with E-state index >= 15 is 0 Å². The van der Waals surface area contributed by atoms with Crippen molar-refractivity contribution in [1.29, 1.82) is 0 Å². The van der Waals surface area contributed by atoms with Crippen LogP contribution in [-0.4, -0.2) is 8.05 Å². The molecule has 2 nitrogen and oxygen atoms in total. The number of rotatable bonds is 1. The monoisotopic (exact) mass is 419 g/mol. The van der Waals surface area contributed by atoms with E-state index < -0.39 is 2.14 Å². The highest BCUT2D eigenvalue weighted by Gasteiger charge is 2.28. The number of anilines is 1. The molecule has 0 aliphatic carbocycles. The van der Waals surface area contributed by atoms with E-state index in [-0.39, 0.29) is 5.91 Å². The smallest absolute Gasteiger partial charge is 0.263 e. The molecule has 0 fully saturated rings. The van der Waals surface area contributed by atoms with E-state index in [1.54, 1.807) is 0 Å². The van der Waals surface area contributed by atoms with Crippen LogP contribution in [0.5, 0.6) is 0 Å². The van der Waals surface area contributed by atoms with Gasteiger partial charge in [-0.1, -0.05) is 30.3 Å². The SMILES string of the molecule is O=C(Nc1ccc2ccccc2c1)C(Br)(Br)Br. The normalized spacial score (nSPS) is 11.5. The third kappa shape index (κ3) is 3.30. The largest absolute Gasteiger partial charge is 0.323 e. The van der Waals surface area contributed by atoms with Gasteiger partial charge in [-0.05, 0) is 70.7 Å². The Morgan fingerprint density at radius 1 is 1.00 bits per heavy atom. The molecule has 0 spiro atoms. The summed E-state index contributed by atoms with van der Waals surface area (Å²) in [6, 6.07) is 13.8. The number of fused-ring (bicyclic) bond motifs is 1. The van der Waals surface area contributed by atoms with Crippen LogP contribution in [0.4, 0.5) is 5.69 Å². The van der Waals surface area contributed by atoms with Gasteiger partial charge in [0.05, 0.1) is 0 Å². The fraction of sp³-hybridized carbons (Fsp3) is 0.0833. The third-order valence-electron chi connectivity index (χ3n) is 2.26. The van der Waals surface area contributed by atoms with Crippen molar-refractivity contribution in [3.05, 3.63) is 42.5 Å². The number of halogens is 3. The highest BCUT2D eigenvalue weighted by Crippen LogP contribution is 2.34. The van der Waals surface area contributed by atoms with E-state index in [0.717, 1.165) is 16.5 Å². The Kier molecular flexibility index (Phi) is 3.90. The van der Waals surface area contributed by atoms with Gasteiger partial charge in [0.15, 0.2) is 0 Å². The van der Waals surface area contributed by atoms with E-state index in [4.69, 9.17) is 0 Å². The molecular formula is C12H8Br3NO. The molecule has 0 saturated heterocycles. The lowest BCUT2D eigenvalue weighted by Crippen LogP contribution is -2.25. The third-order valence-corrected chi connectivity index (χ3v) is 3.35. The maximum Gasteiger partial charge on any atom is 0.263 e. The minimum absolute atomic E-state index is 0.215. The number of carbonyl (C=O) groups is 1. The zero-order chi connectivity index (χ0) is 12.5. The quantitative estimate of drug-likeness (QED) is 0.669. The summed E-state index contributed by atoms with van der Waals surface area (Å²) in [7, 11) is 0. The maximum atomic E-state index is 11.7. The molecule has 0 aromatic heterocycles. The van der Waals surface area contributed by atoms with Crippen molar-refractivity contribution < 1.29 is 4.79 Å². The predicted octanol–water partition coefficient (Wildman–Crippen LogP) is 4.62. The summed E-state index contributed by atoms with van der Waals surface area (Å²) in [5, 5.41) is 5.03. The molecule has 0 atom stereocenters. The summed E-state index contributed by atoms with van der Waals surface area (Å²) >= 11 is 9.52. The first-order chi connectivity index (χ1) is 7.97. The highest BCUT2D eigenvalue weighted by atomic mass is 80.0. The van der Waals surface area contributed by atoms with Crippen LogP contribution in [-0.2, 0) is 4.79 Å². The van der Waals surface area contributed by atoms with E-state index in [0.29, 0.717) is 0 Å². The maximum absolute atomic E-state index is 11.7. The molecule has 88 valence electrons. The minimum atomic E-state index is -0.932. The molecule has 0 radical (unpaired) electrons. The molecule has 0 unspecified atom stereocenters. The van der Waals surface area contributed by atoms with Gasteiger partial charge in [-0.3, -0.25) is 4.79 Å². The molecule has 0 saturated carbocycles. The lowest BCUT2D eigenvalue weighted by atomic mass is 10.1. The number of hydrogen-bond donors (Lipinski definition) is 1. The van der Waals surface area contributed by atoms with E-state index in [1.807, 2.05) is 42.5 Å². The number of alkyl halides is 3. The van der Waals surface area contributed by atoms with Gasteiger partial charge in [0.2, 0.25) is 2.14 Å². The van der Waals surface area contributed by atoms with Gasteiger partial charge < -0.3 is 5.32 Å². The van der Waals surface area contributed by atoms with Crippen molar-refractivity contribution in [2.24, 2.45) is 0 Å². The van der Waals surface area contributed by atoms with Gasteiger partial charge in [-0.2, -0.15) is 0 Å². The number of nitrogens with one attached hydrogen (secondary N) is 1. The molecule has 1 N–H and O–H groups in total. The van der Waals surface area contributed by atoms with E-state index in [9.17, 15) is 4.79 Å². The Morgan fingerprint density at radius 2 is 1.65 bits per heavy atom. The fourth-order valence-electron chi connectivity index (χ4n) is 1.47. The molecule has 0 bridgehead atoms. The summed E-state index contributed by atoms with van der Waals surface area (Å²) < 4.78 is -0.932. The average Bonchev–Trinajstić information content (AvgIpc) is 2.27. The number of amides is 1. The lowest BCUT2D eigenvalue weighted by molar-refractivity contribution is -0.114. The van der Waals surface area contributed by atoms with Gasteiger partial charge in [0.1, 0.15) is 0 Å². The Labute approximate surface area is 124 Å². The van der Waals surface area contributed by atoms with Crippen LogP contribution in [0, 0.1) is 0 Å². The Morgan fingerprint density at radius 3 is 2.29 bits per heavy atom. The first-order valence-corrected chi connectivity index (χ1v) is 7.22. The van der Waals surface area contributed by atoms with E-state index in [2.05, 4.69) is 53.1 Å². The topological polar surface area (TPSA) is 29.1 Å². The zero-order valence-electron chi connectivity index (χ0n) is 8.58. The molecule has 1 amide bonds. The highest BCUT2D eigenvalue weighted by molar-refractivity contribution is 9.40. The van der Waals surface area contributed by atoms with Crippen molar-refractivity contribution in [2.45, 2.75) is 2.14 Å². The summed E-state index contributed by atoms with van der Waals surface area (Å²) in [6.07, 6.45) is 0. The molecule has 2 aromatic rings. The van der Waals surface area contributed by atoms with Crippen LogP contribution in [0.25, 0.3) is 10.8 Å². The van der Waals surface area contributed by atoms with Crippen LogP contribution in [0.3, 0.4) is 0 Å². The summed E-state index contributed by atoms with van der Waals surface area (Å²) in [6.45, 7) is 0. The number of benzene rings is 2. The average molecular weight is 422 g/mol. The second kappa shape index (κ2) is 5.08. The van der Waals surface area contributed by atoms with Gasteiger partial charge in [-0.25, -0.2) is 0 Å². The van der Waals surface area contributed by atoms with Crippen molar-refractivity contribution in [3.63, 3.8) is 0 Å². The summed E-state index contributed by atoms with van der Waals surface area (Å²) in [5.41, 5.74) is 0.761. The molecule has 0 heterocycles. The first-order valence-electron chi connectivity index (χ1n) is 4.84. The molecular weight excluding hydrogens is 414 g/mol. The van der Waals surface area contributed by atoms with Gasteiger partial charge in [0, 0.05) is 5.69 Å². The van der Waals surface area contributed by atoms with Gasteiger partial charge >= 0.3 is 0 Å². The van der Waals surface area contributed by atoms with Crippen LogP contribution >= 0.6 is 47.8 Å². The molecule has 0 aliphatic heterocycles. The molecule has 17 heavy (non-hydrogen) atoms. The van der Waals surface area contributed by atoms with Crippen molar-refractivity contribution in [2.75, 3.05) is 5.32 Å². The Hall–Kier alpha value is -0.390. The summed E-state index contributed by atoms with van der Waals surface area (Å²) in [4.78, 5) is 11.7. The Balaban J connectivity index is 2.29. The summed E-state index contributed by atoms with van der Waals surface area (Å²) in [5.74, 6) is -0.215. The van der Waals surface area contributed by atoms with Crippen LogP contribution in [0.1, 0.15) is 0 Å². The number of carbonyl (C=O) groups excluding carboxylic acids is 1. The second-order valence-electron chi connectivity index (χ2n) is 3.51. The Bertz CT molecular complexity index is 563. The molecule has 5 heteroatoms. The lowest BCUT2D eigenvalue weighted by Gasteiger charge is -2.12. The molecule has 2 aromatic carbocycles. The van der Waals surface area contributed by atoms with Crippen LogP contribution in [0.15, 0.2) is 42.5 Å². The standard InChI is InChI=1S/C12H8Br3NO/c13-12(14,15)11(17)16-10-6-5-8-3-1-2-4-9(8)7-10/h1-7H,(H,16,17). The van der Waals surface area contributed by atoms with E-state index in [1.165, 1.54) is 0 Å². The first kappa shape index (κ1) is 13.1.